The first kappa shape index (κ1) is 12.8. The number of amides is 1. The highest BCUT2D eigenvalue weighted by Gasteiger charge is 2.27. The molecule has 0 aromatic rings. The van der Waals surface area contributed by atoms with Gasteiger partial charge in [-0.3, -0.25) is 4.79 Å². The zero-order valence-corrected chi connectivity index (χ0v) is 10.2. The van der Waals surface area contributed by atoms with Crippen LogP contribution in [0.4, 0.5) is 0 Å². The maximum atomic E-state index is 11.8. The number of halogens is 1. The number of hydrogen-bond acceptors (Lipinski definition) is 2. The van der Waals surface area contributed by atoms with E-state index >= 15 is 0 Å². The zero-order valence-electron chi connectivity index (χ0n) is 9.37. The molecule has 1 saturated heterocycles. The van der Waals surface area contributed by atoms with Crippen LogP contribution in [0.1, 0.15) is 32.1 Å². The number of carbonyl (C=O) groups is 1. The molecule has 1 aliphatic heterocycles. The topological polar surface area (TPSA) is 32.3 Å². The van der Waals surface area contributed by atoms with Crippen LogP contribution in [0.2, 0.25) is 0 Å². The van der Waals surface area contributed by atoms with Gasteiger partial charge in [-0.05, 0) is 31.7 Å². The van der Waals surface area contributed by atoms with Crippen molar-refractivity contribution in [3.8, 4) is 0 Å². The van der Waals surface area contributed by atoms with Crippen molar-refractivity contribution in [2.24, 2.45) is 5.92 Å². The second-order valence-electron chi connectivity index (χ2n) is 4.65. The van der Waals surface area contributed by atoms with Crippen LogP contribution in [0.5, 0.6) is 0 Å². The molecule has 0 spiro atoms. The third-order valence-corrected chi connectivity index (χ3v) is 3.66. The number of likely N-dealkylation sites (N-methyl/N-ethyl adjacent to an activating group) is 1. The molecule has 88 valence electrons. The molecule has 0 radical (unpaired) electrons. The largest absolute Gasteiger partial charge is 0.341 e. The summed E-state index contributed by atoms with van der Waals surface area (Å²) in [5.41, 5.74) is 0. The lowest BCUT2D eigenvalue weighted by Crippen LogP contribution is -2.39. The third kappa shape index (κ3) is 3.08. The molecule has 1 atom stereocenters. The Bertz CT molecular complexity index is 213. The number of carbonyl (C=O) groups excluding carboxylic acids is 1. The highest BCUT2D eigenvalue weighted by atomic mass is 35.5. The molecule has 3 nitrogen and oxygen atoms in total. The van der Waals surface area contributed by atoms with Crippen molar-refractivity contribution in [3.05, 3.63) is 0 Å². The van der Waals surface area contributed by atoms with Crippen LogP contribution < -0.4 is 5.32 Å². The van der Waals surface area contributed by atoms with E-state index in [9.17, 15) is 4.79 Å². The van der Waals surface area contributed by atoms with Gasteiger partial charge in [0.05, 0.1) is 0 Å². The second kappa shape index (κ2) is 5.71. The highest BCUT2D eigenvalue weighted by molar-refractivity contribution is 5.85. The Morgan fingerprint density at radius 3 is 2.60 bits per heavy atom. The van der Waals surface area contributed by atoms with Crippen molar-refractivity contribution in [2.45, 2.75) is 38.1 Å². The van der Waals surface area contributed by atoms with Crippen LogP contribution in [-0.2, 0) is 4.79 Å². The Hall–Kier alpha value is -0.280. The minimum atomic E-state index is 0. The maximum absolute atomic E-state index is 11.8. The summed E-state index contributed by atoms with van der Waals surface area (Å²) in [6, 6.07) is 0.447. The summed E-state index contributed by atoms with van der Waals surface area (Å²) in [6.07, 6.45) is 5.76. The molecule has 0 aromatic heterocycles. The zero-order chi connectivity index (χ0) is 9.97. The van der Waals surface area contributed by atoms with Gasteiger partial charge in [0, 0.05) is 26.1 Å². The van der Waals surface area contributed by atoms with Crippen molar-refractivity contribution in [2.75, 3.05) is 20.1 Å². The fourth-order valence-electron chi connectivity index (χ4n) is 2.26. The molecule has 1 amide bonds. The van der Waals surface area contributed by atoms with E-state index in [1.165, 1.54) is 19.3 Å². The predicted octanol–water partition coefficient (Wildman–Crippen LogP) is 1.42. The van der Waals surface area contributed by atoms with Crippen LogP contribution in [-0.4, -0.2) is 37.0 Å². The molecule has 2 fully saturated rings. The Labute approximate surface area is 98.0 Å². The van der Waals surface area contributed by atoms with E-state index in [1.54, 1.807) is 0 Å². The number of rotatable bonds is 3. The molecule has 0 aromatic carbocycles. The van der Waals surface area contributed by atoms with Gasteiger partial charge < -0.3 is 10.2 Å². The van der Waals surface area contributed by atoms with Crippen molar-refractivity contribution in [1.29, 1.82) is 0 Å². The van der Waals surface area contributed by atoms with Gasteiger partial charge >= 0.3 is 0 Å². The highest BCUT2D eigenvalue weighted by Crippen LogP contribution is 2.30. The summed E-state index contributed by atoms with van der Waals surface area (Å²) in [7, 11) is 1.96. The predicted molar refractivity (Wildman–Crippen MR) is 63.3 cm³/mol. The second-order valence-corrected chi connectivity index (χ2v) is 4.65. The van der Waals surface area contributed by atoms with Crippen LogP contribution in [0, 0.1) is 5.92 Å². The number of nitrogens with one attached hydrogen (secondary N) is 1. The third-order valence-electron chi connectivity index (χ3n) is 3.66. The van der Waals surface area contributed by atoms with Gasteiger partial charge in [0.2, 0.25) is 5.91 Å². The molecule has 2 aliphatic rings. The molecular weight excluding hydrogens is 212 g/mol. The summed E-state index contributed by atoms with van der Waals surface area (Å²) in [5, 5.41) is 3.30. The van der Waals surface area contributed by atoms with E-state index in [0.29, 0.717) is 17.9 Å². The van der Waals surface area contributed by atoms with E-state index in [4.69, 9.17) is 0 Å². The van der Waals surface area contributed by atoms with E-state index in [0.717, 1.165) is 25.9 Å². The first-order valence-corrected chi connectivity index (χ1v) is 5.74. The quantitative estimate of drug-likeness (QED) is 0.798. The van der Waals surface area contributed by atoms with Crippen LogP contribution >= 0.6 is 12.4 Å². The Balaban J connectivity index is 0.00000112. The van der Waals surface area contributed by atoms with Crippen molar-refractivity contribution >= 4 is 18.3 Å². The Morgan fingerprint density at radius 1 is 1.40 bits per heavy atom. The van der Waals surface area contributed by atoms with E-state index in [-0.39, 0.29) is 12.4 Å². The molecule has 1 saturated carbocycles. The summed E-state index contributed by atoms with van der Waals surface area (Å²) in [4.78, 5) is 13.8. The van der Waals surface area contributed by atoms with E-state index in [2.05, 4.69) is 5.32 Å². The van der Waals surface area contributed by atoms with Crippen molar-refractivity contribution < 1.29 is 4.79 Å². The summed E-state index contributed by atoms with van der Waals surface area (Å²) in [6.45, 7) is 2.04. The van der Waals surface area contributed by atoms with Crippen molar-refractivity contribution in [1.82, 2.24) is 10.2 Å². The monoisotopic (exact) mass is 232 g/mol. The normalized spacial score (nSPS) is 25.5. The average Bonchev–Trinajstić information content (AvgIpc) is 2.62. The lowest BCUT2D eigenvalue weighted by molar-refractivity contribution is -0.133. The van der Waals surface area contributed by atoms with Gasteiger partial charge in [0.15, 0.2) is 0 Å². The summed E-state index contributed by atoms with van der Waals surface area (Å²) < 4.78 is 0. The molecule has 15 heavy (non-hydrogen) atoms. The Morgan fingerprint density at radius 2 is 2.13 bits per heavy atom. The molecule has 2 rings (SSSR count). The minimum absolute atomic E-state index is 0. The Kier molecular flexibility index (Phi) is 4.87. The number of hydrogen-bond donors (Lipinski definition) is 1. The molecule has 4 heteroatoms. The fraction of sp³-hybridized carbons (Fsp3) is 0.909. The van der Waals surface area contributed by atoms with Crippen LogP contribution in [0.25, 0.3) is 0 Å². The fourth-order valence-corrected chi connectivity index (χ4v) is 2.26. The van der Waals surface area contributed by atoms with Gasteiger partial charge in [-0.15, -0.1) is 12.4 Å². The molecule has 1 unspecified atom stereocenters. The maximum Gasteiger partial charge on any atom is 0.222 e. The number of nitrogens with zero attached hydrogens (tertiary/aromatic N) is 1. The van der Waals surface area contributed by atoms with E-state index < -0.39 is 0 Å². The van der Waals surface area contributed by atoms with E-state index in [1.807, 2.05) is 11.9 Å². The molecular formula is C11H21ClN2O. The lowest BCUT2D eigenvalue weighted by atomic mass is 9.82. The van der Waals surface area contributed by atoms with Gasteiger partial charge in [-0.25, -0.2) is 0 Å². The average molecular weight is 233 g/mol. The van der Waals surface area contributed by atoms with Gasteiger partial charge in [0.1, 0.15) is 0 Å². The molecule has 1 heterocycles. The first-order valence-electron chi connectivity index (χ1n) is 5.74. The lowest BCUT2D eigenvalue weighted by Gasteiger charge is -2.29. The smallest absolute Gasteiger partial charge is 0.222 e. The SMILES string of the molecule is CN(C(=O)CC1CCC1)C1CCNC1.Cl. The standard InChI is InChI=1S/C11H20N2O.ClH/c1-13(10-5-6-12-8-10)11(14)7-9-3-2-4-9;/h9-10,12H,2-8H2,1H3;1H. The van der Waals surface area contributed by atoms with Gasteiger partial charge in [-0.2, -0.15) is 0 Å². The van der Waals surface area contributed by atoms with Crippen LogP contribution in [0.3, 0.4) is 0 Å². The molecule has 1 N–H and O–H groups in total. The van der Waals surface area contributed by atoms with Gasteiger partial charge in [-0.1, -0.05) is 6.42 Å². The molecule has 1 aliphatic carbocycles. The van der Waals surface area contributed by atoms with Crippen LogP contribution in [0.15, 0.2) is 0 Å². The van der Waals surface area contributed by atoms with Gasteiger partial charge in [0.25, 0.3) is 0 Å². The first-order chi connectivity index (χ1) is 6.77. The summed E-state index contributed by atoms with van der Waals surface area (Å²) >= 11 is 0. The van der Waals surface area contributed by atoms with Crippen molar-refractivity contribution in [3.63, 3.8) is 0 Å². The molecule has 0 bridgehead atoms. The summed E-state index contributed by atoms with van der Waals surface area (Å²) in [5.74, 6) is 1.04. The minimum Gasteiger partial charge on any atom is -0.341 e.